The Balaban J connectivity index is 1.89. The Bertz CT molecular complexity index is 1420. The number of amides is 2. The van der Waals surface area contributed by atoms with Gasteiger partial charge in [-0.2, -0.15) is 0 Å². The van der Waals surface area contributed by atoms with Gasteiger partial charge >= 0.3 is 0 Å². The molecule has 0 heterocycles. The normalized spacial score (nSPS) is 11.9. The molecule has 1 atom stereocenters. The number of rotatable bonds is 16. The molecule has 3 aromatic rings. The summed E-state index contributed by atoms with van der Waals surface area (Å²) >= 11 is 6.48. The quantitative estimate of drug-likeness (QED) is 0.232. The smallest absolute Gasteiger partial charge is 0.243 e. The van der Waals surface area contributed by atoms with Crippen molar-refractivity contribution < 1.29 is 22.7 Å². The number of hydrogen-bond acceptors (Lipinski definition) is 5. The fraction of sp³-hybridized carbons (Fsp3) is 0.375. The van der Waals surface area contributed by atoms with Crippen LogP contribution in [0.2, 0.25) is 5.02 Å². The number of nitrogens with zero attached hydrogens (tertiary/aromatic N) is 2. The molecule has 0 aromatic heterocycles. The molecule has 226 valence electrons. The predicted octanol–water partition coefficient (Wildman–Crippen LogP) is 5.45. The largest absolute Gasteiger partial charge is 0.492 e. The van der Waals surface area contributed by atoms with Crippen LogP contribution in [0.3, 0.4) is 0 Å². The van der Waals surface area contributed by atoms with Gasteiger partial charge in [0, 0.05) is 37.5 Å². The van der Waals surface area contributed by atoms with Gasteiger partial charge in [0.25, 0.3) is 0 Å². The summed E-state index contributed by atoms with van der Waals surface area (Å²) in [5.41, 5.74) is 2.06. The minimum Gasteiger partial charge on any atom is -0.492 e. The van der Waals surface area contributed by atoms with Crippen LogP contribution in [0.5, 0.6) is 5.75 Å². The fourth-order valence-corrected chi connectivity index (χ4v) is 5.82. The highest BCUT2D eigenvalue weighted by molar-refractivity contribution is 7.92. The van der Waals surface area contributed by atoms with E-state index in [2.05, 4.69) is 5.32 Å². The van der Waals surface area contributed by atoms with Crippen LogP contribution in [0.15, 0.2) is 78.9 Å². The van der Waals surface area contributed by atoms with Crippen molar-refractivity contribution in [2.45, 2.75) is 52.1 Å². The molecule has 0 aliphatic heterocycles. The zero-order valence-electron chi connectivity index (χ0n) is 24.5. The van der Waals surface area contributed by atoms with Gasteiger partial charge in [0.1, 0.15) is 11.8 Å². The number of carbonyl (C=O) groups is 2. The van der Waals surface area contributed by atoms with Gasteiger partial charge in [-0.1, -0.05) is 79.2 Å². The molecule has 0 radical (unpaired) electrons. The molecular formula is C32H40ClN3O5S. The van der Waals surface area contributed by atoms with Gasteiger partial charge in [-0.05, 0) is 49.1 Å². The van der Waals surface area contributed by atoms with E-state index >= 15 is 0 Å². The van der Waals surface area contributed by atoms with Crippen molar-refractivity contribution in [2.75, 3.05) is 30.3 Å². The van der Waals surface area contributed by atoms with Crippen LogP contribution >= 0.6 is 11.6 Å². The lowest BCUT2D eigenvalue weighted by molar-refractivity contribution is -0.141. The van der Waals surface area contributed by atoms with Gasteiger partial charge in [0.2, 0.25) is 21.8 Å². The molecule has 0 saturated carbocycles. The molecular weight excluding hydrogens is 574 g/mol. The number of ether oxygens (including phenoxy) is 1. The van der Waals surface area contributed by atoms with Crippen LogP contribution in [0, 0.1) is 0 Å². The molecule has 8 nitrogen and oxygen atoms in total. The van der Waals surface area contributed by atoms with Crippen LogP contribution in [0.4, 0.5) is 5.69 Å². The molecule has 0 bridgehead atoms. The lowest BCUT2D eigenvalue weighted by atomic mass is 10.0. The Labute approximate surface area is 254 Å². The fourth-order valence-electron chi connectivity index (χ4n) is 4.65. The number of benzene rings is 3. The SMILES string of the molecule is CCCNC(=O)[C@@H](Cc1ccccc1)N(Cc1ccccc1Cl)C(=O)CCCN(c1ccccc1OCC)S(C)(=O)=O. The molecule has 0 saturated heterocycles. The van der Waals surface area contributed by atoms with E-state index in [0.717, 1.165) is 23.8 Å². The highest BCUT2D eigenvalue weighted by Gasteiger charge is 2.31. The zero-order chi connectivity index (χ0) is 30.5. The average molecular weight is 614 g/mol. The number of halogens is 1. The molecule has 2 amide bonds. The van der Waals surface area contributed by atoms with E-state index in [1.165, 1.54) is 4.31 Å². The minimum absolute atomic E-state index is 0.0274. The molecule has 0 unspecified atom stereocenters. The summed E-state index contributed by atoms with van der Waals surface area (Å²) in [7, 11) is -3.67. The van der Waals surface area contributed by atoms with E-state index in [9.17, 15) is 18.0 Å². The lowest BCUT2D eigenvalue weighted by Crippen LogP contribution is -2.50. The van der Waals surface area contributed by atoms with Gasteiger partial charge in [0.05, 0.1) is 18.6 Å². The Kier molecular flexibility index (Phi) is 12.7. The number of carbonyl (C=O) groups excluding carboxylic acids is 2. The molecule has 0 aliphatic carbocycles. The van der Waals surface area contributed by atoms with Gasteiger partial charge in [-0.3, -0.25) is 13.9 Å². The number of hydrogen-bond donors (Lipinski definition) is 1. The Morgan fingerprint density at radius 3 is 2.29 bits per heavy atom. The molecule has 0 aliphatic rings. The van der Waals surface area contributed by atoms with Crippen LogP contribution in [0.1, 0.15) is 44.2 Å². The van der Waals surface area contributed by atoms with Crippen molar-refractivity contribution in [1.29, 1.82) is 0 Å². The number of para-hydroxylation sites is 2. The molecule has 10 heteroatoms. The second-order valence-corrected chi connectivity index (χ2v) is 12.3. The molecule has 1 N–H and O–H groups in total. The first kappa shape index (κ1) is 32.9. The average Bonchev–Trinajstić information content (AvgIpc) is 2.97. The van der Waals surface area contributed by atoms with Crippen molar-refractivity contribution in [3.05, 3.63) is 95.0 Å². The number of nitrogens with one attached hydrogen (secondary N) is 1. The van der Waals surface area contributed by atoms with Crippen LogP contribution in [-0.4, -0.2) is 57.1 Å². The Hall–Kier alpha value is -3.56. The molecule has 0 spiro atoms. The second kappa shape index (κ2) is 16.2. The van der Waals surface area contributed by atoms with E-state index < -0.39 is 16.1 Å². The van der Waals surface area contributed by atoms with E-state index in [0.29, 0.717) is 36.0 Å². The van der Waals surface area contributed by atoms with Crippen molar-refractivity contribution in [3.63, 3.8) is 0 Å². The number of sulfonamides is 1. The second-order valence-electron chi connectivity index (χ2n) is 9.95. The summed E-state index contributed by atoms with van der Waals surface area (Å²) in [6, 6.07) is 22.9. The minimum atomic E-state index is -3.67. The maximum absolute atomic E-state index is 13.9. The Morgan fingerprint density at radius 2 is 1.62 bits per heavy atom. The third kappa shape index (κ3) is 9.49. The lowest BCUT2D eigenvalue weighted by Gasteiger charge is -2.32. The topological polar surface area (TPSA) is 96.0 Å². The van der Waals surface area contributed by atoms with E-state index in [1.807, 2.05) is 62.4 Å². The van der Waals surface area contributed by atoms with Gasteiger partial charge in [-0.25, -0.2) is 8.42 Å². The summed E-state index contributed by atoms with van der Waals surface area (Å²) in [5.74, 6) is -0.0637. The summed E-state index contributed by atoms with van der Waals surface area (Å²) < 4.78 is 32.5. The van der Waals surface area contributed by atoms with E-state index in [1.54, 1.807) is 35.2 Å². The third-order valence-corrected chi connectivity index (χ3v) is 8.25. The maximum Gasteiger partial charge on any atom is 0.243 e. The van der Waals surface area contributed by atoms with E-state index in [-0.39, 0.29) is 37.7 Å². The first-order chi connectivity index (χ1) is 20.2. The van der Waals surface area contributed by atoms with Crippen LogP contribution < -0.4 is 14.4 Å². The number of anilines is 1. The monoisotopic (exact) mass is 613 g/mol. The molecule has 42 heavy (non-hydrogen) atoms. The summed E-state index contributed by atoms with van der Waals surface area (Å²) in [4.78, 5) is 29.0. The maximum atomic E-state index is 13.9. The van der Waals surface area contributed by atoms with Gasteiger partial charge in [-0.15, -0.1) is 0 Å². The van der Waals surface area contributed by atoms with Crippen molar-refractivity contribution in [1.82, 2.24) is 10.2 Å². The van der Waals surface area contributed by atoms with E-state index in [4.69, 9.17) is 16.3 Å². The highest BCUT2D eigenvalue weighted by Crippen LogP contribution is 2.30. The van der Waals surface area contributed by atoms with Gasteiger partial charge < -0.3 is 15.0 Å². The summed E-state index contributed by atoms with van der Waals surface area (Å²) in [6.07, 6.45) is 2.48. The summed E-state index contributed by atoms with van der Waals surface area (Å²) in [6.45, 7) is 4.87. The standard InChI is InChI=1S/C32H40ClN3O5S/c1-4-21-34-32(38)29(23-25-14-7-6-8-15-25)35(24-26-16-9-10-17-27(26)33)31(37)20-13-22-36(42(3,39)40)28-18-11-12-19-30(28)41-5-2/h6-12,14-19,29H,4-5,13,20-24H2,1-3H3,(H,34,38)/t29-/m1/s1. The molecule has 0 fully saturated rings. The third-order valence-electron chi connectivity index (χ3n) is 6.70. The molecule has 3 rings (SSSR count). The first-order valence-corrected chi connectivity index (χ1v) is 16.4. The van der Waals surface area contributed by atoms with Crippen molar-refractivity contribution in [2.24, 2.45) is 0 Å². The Morgan fingerprint density at radius 1 is 0.952 bits per heavy atom. The van der Waals surface area contributed by atoms with Crippen LogP contribution in [0.25, 0.3) is 0 Å². The predicted molar refractivity (Wildman–Crippen MR) is 168 cm³/mol. The first-order valence-electron chi connectivity index (χ1n) is 14.2. The molecule has 3 aromatic carbocycles. The van der Waals surface area contributed by atoms with Crippen molar-refractivity contribution in [3.8, 4) is 5.75 Å². The van der Waals surface area contributed by atoms with Gasteiger partial charge in [0.15, 0.2) is 0 Å². The van der Waals surface area contributed by atoms with Crippen LogP contribution in [-0.2, 0) is 32.6 Å². The zero-order valence-corrected chi connectivity index (χ0v) is 26.0. The summed E-state index contributed by atoms with van der Waals surface area (Å²) in [5, 5.41) is 3.45. The highest BCUT2D eigenvalue weighted by atomic mass is 35.5. The van der Waals surface area contributed by atoms with Crippen molar-refractivity contribution >= 4 is 39.1 Å².